The summed E-state index contributed by atoms with van der Waals surface area (Å²) in [5.41, 5.74) is 5.52. The number of rotatable bonds is 0. The predicted molar refractivity (Wildman–Crippen MR) is 87.6 cm³/mol. The number of fused-ring (bicyclic) bond motifs is 2. The van der Waals surface area contributed by atoms with Crippen LogP contribution in [0.25, 0.3) is 5.57 Å². The first-order valence-corrected chi connectivity index (χ1v) is 8.28. The smallest absolute Gasteiger partial charge is 0.0847 e. The van der Waals surface area contributed by atoms with E-state index < -0.39 is 0 Å². The van der Waals surface area contributed by atoms with Gasteiger partial charge < -0.3 is 4.90 Å². The van der Waals surface area contributed by atoms with E-state index in [2.05, 4.69) is 42.3 Å². The number of hydrogen-bond acceptors (Lipinski definition) is 3. The lowest BCUT2D eigenvalue weighted by molar-refractivity contribution is 0.313. The van der Waals surface area contributed by atoms with Gasteiger partial charge in [0, 0.05) is 34.7 Å². The third kappa shape index (κ3) is 2.30. The van der Waals surface area contributed by atoms with Gasteiger partial charge in [0.05, 0.1) is 5.69 Å². The number of nitrogens with zero attached hydrogens (tertiary/aromatic N) is 2. The minimum atomic E-state index is 1.15. The maximum atomic E-state index is 4.70. The van der Waals surface area contributed by atoms with Gasteiger partial charge in [0.2, 0.25) is 0 Å². The molecule has 1 saturated heterocycles. The molecule has 0 amide bonds. The van der Waals surface area contributed by atoms with Crippen LogP contribution in [0.4, 0.5) is 0 Å². The van der Waals surface area contributed by atoms with Gasteiger partial charge >= 0.3 is 0 Å². The number of piperidine rings is 1. The van der Waals surface area contributed by atoms with E-state index in [-0.39, 0.29) is 0 Å². The van der Waals surface area contributed by atoms with Crippen LogP contribution in [0, 0.1) is 0 Å². The summed E-state index contributed by atoms with van der Waals surface area (Å²) in [7, 11) is 2.21. The summed E-state index contributed by atoms with van der Waals surface area (Å²) >= 11 is 1.84. The second-order valence-corrected chi connectivity index (χ2v) is 6.81. The van der Waals surface area contributed by atoms with Crippen LogP contribution in [0.15, 0.2) is 58.0 Å². The predicted octanol–water partition coefficient (Wildman–Crippen LogP) is 4.07. The standard InChI is InChI=1S/C18H18N2S/c1-20-11-8-13(9-12-20)17-14-5-2-3-6-15(14)21-16-7-4-10-19-18(16)17/h2-7,10H,8-9,11-12H2,1H3. The molecule has 0 N–H and O–H groups in total. The lowest BCUT2D eigenvalue weighted by atomic mass is 9.90. The number of benzene rings is 1. The van der Waals surface area contributed by atoms with Gasteiger partial charge in [0.1, 0.15) is 0 Å². The molecular formula is C18H18N2S. The highest BCUT2D eigenvalue weighted by molar-refractivity contribution is 7.99. The lowest BCUT2D eigenvalue weighted by Crippen LogP contribution is -2.27. The molecule has 21 heavy (non-hydrogen) atoms. The van der Waals surface area contributed by atoms with Gasteiger partial charge in [0.25, 0.3) is 0 Å². The van der Waals surface area contributed by atoms with Gasteiger partial charge in [-0.15, -0.1) is 0 Å². The molecule has 2 aromatic rings. The zero-order valence-corrected chi connectivity index (χ0v) is 13.0. The molecule has 0 spiro atoms. The summed E-state index contributed by atoms with van der Waals surface area (Å²) in [5, 5.41) is 0. The van der Waals surface area contributed by atoms with E-state index in [1.54, 1.807) is 5.57 Å². The normalized spacial score (nSPS) is 18.3. The van der Waals surface area contributed by atoms with Crippen molar-refractivity contribution in [1.82, 2.24) is 9.88 Å². The fourth-order valence-corrected chi connectivity index (χ4v) is 4.23. The number of hydrogen-bond donors (Lipinski definition) is 0. The molecular weight excluding hydrogens is 276 g/mol. The minimum absolute atomic E-state index is 1.15. The van der Waals surface area contributed by atoms with Crippen LogP contribution in [0.2, 0.25) is 0 Å². The van der Waals surface area contributed by atoms with E-state index in [4.69, 9.17) is 4.98 Å². The summed E-state index contributed by atoms with van der Waals surface area (Å²) in [4.78, 5) is 9.76. The Balaban J connectivity index is 1.92. The van der Waals surface area contributed by atoms with Crippen molar-refractivity contribution in [3.63, 3.8) is 0 Å². The summed E-state index contributed by atoms with van der Waals surface area (Å²) in [6, 6.07) is 13.0. The molecule has 4 rings (SSSR count). The summed E-state index contributed by atoms with van der Waals surface area (Å²) in [6.45, 7) is 2.30. The number of likely N-dealkylation sites (tertiary alicyclic amines) is 1. The molecule has 0 radical (unpaired) electrons. The molecule has 2 aliphatic heterocycles. The van der Waals surface area contributed by atoms with Gasteiger partial charge in [-0.05, 0) is 43.7 Å². The number of pyridine rings is 1. The quantitative estimate of drug-likeness (QED) is 0.621. The molecule has 0 bridgehead atoms. The Kier molecular flexibility index (Phi) is 3.32. The maximum absolute atomic E-state index is 4.70. The Bertz CT molecular complexity index is 663. The highest BCUT2D eigenvalue weighted by atomic mass is 32.2. The molecule has 2 aliphatic rings. The second-order valence-electron chi connectivity index (χ2n) is 5.73. The third-order valence-corrected chi connectivity index (χ3v) is 5.45. The summed E-state index contributed by atoms with van der Waals surface area (Å²) in [6.07, 6.45) is 4.23. The Labute approximate surface area is 129 Å². The molecule has 0 saturated carbocycles. The third-order valence-electron chi connectivity index (χ3n) is 4.33. The molecule has 0 aliphatic carbocycles. The molecule has 1 aromatic carbocycles. The fourth-order valence-electron chi connectivity index (χ4n) is 3.17. The van der Waals surface area contributed by atoms with Crippen molar-refractivity contribution < 1.29 is 0 Å². The zero-order chi connectivity index (χ0) is 14.2. The average Bonchev–Trinajstić information content (AvgIpc) is 2.53. The lowest BCUT2D eigenvalue weighted by Gasteiger charge is -2.29. The van der Waals surface area contributed by atoms with E-state index in [0.29, 0.717) is 0 Å². The van der Waals surface area contributed by atoms with Gasteiger partial charge in [-0.2, -0.15) is 0 Å². The van der Waals surface area contributed by atoms with E-state index in [0.717, 1.165) is 25.9 Å². The molecule has 0 atom stereocenters. The van der Waals surface area contributed by atoms with Crippen molar-refractivity contribution in [1.29, 1.82) is 0 Å². The van der Waals surface area contributed by atoms with Crippen LogP contribution >= 0.6 is 11.8 Å². The van der Waals surface area contributed by atoms with E-state index in [9.17, 15) is 0 Å². The summed E-state index contributed by atoms with van der Waals surface area (Å²) in [5.74, 6) is 0. The molecule has 3 heteroatoms. The highest BCUT2D eigenvalue weighted by Gasteiger charge is 2.25. The zero-order valence-electron chi connectivity index (χ0n) is 12.2. The topological polar surface area (TPSA) is 16.1 Å². The molecule has 1 aromatic heterocycles. The molecule has 2 nitrogen and oxygen atoms in total. The fraction of sp³-hybridized carbons (Fsp3) is 0.278. The second kappa shape index (κ2) is 5.32. The van der Waals surface area contributed by atoms with Gasteiger partial charge in [-0.1, -0.05) is 35.5 Å². The largest absolute Gasteiger partial charge is 0.306 e. The van der Waals surface area contributed by atoms with Crippen molar-refractivity contribution >= 4 is 17.3 Å². The van der Waals surface area contributed by atoms with Crippen LogP contribution in [0.3, 0.4) is 0 Å². The van der Waals surface area contributed by atoms with Crippen molar-refractivity contribution in [2.24, 2.45) is 0 Å². The molecule has 3 heterocycles. The first kappa shape index (κ1) is 13.1. The van der Waals surface area contributed by atoms with Crippen LogP contribution in [0.1, 0.15) is 24.1 Å². The van der Waals surface area contributed by atoms with Crippen LogP contribution in [-0.4, -0.2) is 30.0 Å². The highest BCUT2D eigenvalue weighted by Crippen LogP contribution is 2.46. The van der Waals surface area contributed by atoms with Gasteiger partial charge in [-0.25, -0.2) is 0 Å². The Hall–Kier alpha value is -1.58. The van der Waals surface area contributed by atoms with Crippen molar-refractivity contribution in [3.8, 4) is 0 Å². The van der Waals surface area contributed by atoms with Crippen LogP contribution < -0.4 is 0 Å². The Morgan fingerprint density at radius 2 is 1.76 bits per heavy atom. The molecule has 0 unspecified atom stereocenters. The van der Waals surface area contributed by atoms with E-state index in [1.807, 2.05) is 24.0 Å². The van der Waals surface area contributed by atoms with Crippen LogP contribution in [-0.2, 0) is 0 Å². The molecule has 1 fully saturated rings. The first-order valence-electron chi connectivity index (χ1n) is 7.46. The number of aromatic nitrogens is 1. The Morgan fingerprint density at radius 1 is 1.00 bits per heavy atom. The van der Waals surface area contributed by atoms with Crippen LogP contribution in [0.5, 0.6) is 0 Å². The van der Waals surface area contributed by atoms with Gasteiger partial charge in [0.15, 0.2) is 0 Å². The van der Waals surface area contributed by atoms with Crippen molar-refractivity contribution in [3.05, 3.63) is 59.4 Å². The van der Waals surface area contributed by atoms with Gasteiger partial charge in [-0.3, -0.25) is 4.98 Å². The van der Waals surface area contributed by atoms with Crippen molar-refractivity contribution in [2.45, 2.75) is 22.6 Å². The van der Waals surface area contributed by atoms with E-state index >= 15 is 0 Å². The monoisotopic (exact) mass is 294 g/mol. The molecule has 106 valence electrons. The average molecular weight is 294 g/mol. The Morgan fingerprint density at radius 3 is 2.62 bits per heavy atom. The van der Waals surface area contributed by atoms with E-state index in [1.165, 1.54) is 26.6 Å². The minimum Gasteiger partial charge on any atom is -0.306 e. The van der Waals surface area contributed by atoms with Crippen molar-refractivity contribution in [2.75, 3.05) is 20.1 Å². The maximum Gasteiger partial charge on any atom is 0.0847 e. The first-order chi connectivity index (χ1) is 10.3. The summed E-state index contributed by atoms with van der Waals surface area (Å²) < 4.78 is 0. The SMILES string of the molecule is CN1CCC(=C2c3ccccc3Sc3cccnc32)CC1.